The first kappa shape index (κ1) is 41.7. The summed E-state index contributed by atoms with van der Waals surface area (Å²) in [6, 6.07) is 7.82. The largest absolute Gasteiger partial charge is 0.497 e. The fourth-order valence-corrected chi connectivity index (χ4v) is 89.0. The van der Waals surface area contributed by atoms with E-state index in [1.54, 1.807) is 21.3 Å². The molecule has 0 saturated heterocycles. The predicted octanol–water partition coefficient (Wildman–Crippen LogP) is 8.37. The van der Waals surface area contributed by atoms with Crippen LogP contribution in [0.3, 0.4) is 0 Å². The van der Waals surface area contributed by atoms with E-state index in [-0.39, 0.29) is 40.0 Å². The summed E-state index contributed by atoms with van der Waals surface area (Å²) in [5.41, 5.74) is 2.11. The number of ether oxygens (including phenoxy) is 6. The maximum Gasteiger partial charge on any atom is 0.216 e. The average Bonchev–Trinajstić information content (AvgIpc) is 2.83. The van der Waals surface area contributed by atoms with Gasteiger partial charge in [0.1, 0.15) is 5.75 Å². The number of benzene rings is 1. The van der Waals surface area contributed by atoms with Gasteiger partial charge in [0.2, 0.25) is 6.29 Å². The van der Waals surface area contributed by atoms with Crippen molar-refractivity contribution >= 4 is 87.3 Å². The van der Waals surface area contributed by atoms with Crippen molar-refractivity contribution < 1.29 is 33.2 Å². The van der Waals surface area contributed by atoms with Crippen LogP contribution in [0.4, 0.5) is 0 Å². The molecule has 0 bridgehead atoms. The van der Waals surface area contributed by atoms with Gasteiger partial charge in [-0.15, -0.1) is 53.6 Å². The van der Waals surface area contributed by atoms with Crippen molar-refractivity contribution in [2.45, 2.75) is 33.0 Å². The summed E-state index contributed by atoms with van der Waals surface area (Å²) in [6.07, 6.45) is 0.973. The molecule has 6 unspecified atom stereocenters. The van der Waals surface area contributed by atoms with Crippen LogP contribution in [0.25, 0.3) is 0 Å². The van der Waals surface area contributed by atoms with Crippen LogP contribution in [0.5, 0.6) is 5.75 Å². The lowest BCUT2D eigenvalue weighted by atomic mass is 10.2. The van der Waals surface area contributed by atoms with E-state index in [1.807, 2.05) is 37.3 Å². The Labute approximate surface area is 242 Å². The molecule has 6 atom stereocenters. The Hall–Kier alpha value is 2.53. The third-order valence-electron chi connectivity index (χ3n) is 4.13. The Morgan fingerprint density at radius 2 is 1.22 bits per heavy atom. The molecular weight excluding hydrogens is 662 g/mol. The van der Waals surface area contributed by atoms with Crippen molar-refractivity contribution in [3.8, 4) is 5.75 Å². The molecule has 1 aromatic rings. The molecule has 1 rings (SSSR count). The molecule has 0 aromatic heterocycles. The summed E-state index contributed by atoms with van der Waals surface area (Å²) in [5, 5.41) is 0. The zero-order valence-electron chi connectivity index (χ0n) is 22.6. The van der Waals surface area contributed by atoms with Crippen LogP contribution in [-0.4, -0.2) is 60.5 Å². The third kappa shape index (κ3) is 21.0. The van der Waals surface area contributed by atoms with Crippen molar-refractivity contribution in [1.29, 1.82) is 0 Å². The molecule has 0 radical (unpaired) electrons. The lowest BCUT2D eigenvalue weighted by Gasteiger charge is -2.27. The van der Waals surface area contributed by atoms with Crippen LogP contribution in [0.15, 0.2) is 35.9 Å². The molecule has 1 aromatic carbocycles. The molecule has 0 fully saturated rings. The average molecular weight is 706 g/mol. The summed E-state index contributed by atoms with van der Waals surface area (Å²) < 4.78 is 30.1. The summed E-state index contributed by atoms with van der Waals surface area (Å²) >= 11 is 0. The van der Waals surface area contributed by atoms with E-state index in [1.165, 1.54) is 21.1 Å². The van der Waals surface area contributed by atoms with E-state index in [0.29, 0.717) is 13.2 Å². The summed E-state index contributed by atoms with van der Waals surface area (Å²) in [6.45, 7) is 5.09. The third-order valence-corrected chi connectivity index (χ3v) is 53.7. The van der Waals surface area contributed by atoms with Gasteiger partial charge in [0.05, 0.1) is 20.3 Å². The van der Waals surface area contributed by atoms with Gasteiger partial charge < -0.3 is 28.4 Å². The highest BCUT2D eigenvalue weighted by atomic mass is 33.2. The fraction of sp³-hybridized carbons (Fsp3) is 0.550. The van der Waals surface area contributed by atoms with Crippen LogP contribution in [0.1, 0.15) is 19.4 Å². The molecule has 7 nitrogen and oxygen atoms in total. The highest BCUT2D eigenvalue weighted by molar-refractivity contribution is 9.16. The second-order valence-electron chi connectivity index (χ2n) is 6.94. The van der Waals surface area contributed by atoms with Gasteiger partial charge in [0.15, 0.2) is 12.1 Å². The van der Waals surface area contributed by atoms with Crippen LogP contribution >= 0.6 is 81.5 Å². The number of methoxy groups -OCH3 is 5. The smallest absolute Gasteiger partial charge is 0.216 e. The Balaban J connectivity index is 0. The minimum absolute atomic E-state index is 0.116. The zero-order valence-corrected chi connectivity index (χ0v) is 33.1. The highest BCUT2D eigenvalue weighted by Crippen LogP contribution is 3.10. The summed E-state index contributed by atoms with van der Waals surface area (Å²) in [5.74, 6) is 0.734. The first-order valence-electron chi connectivity index (χ1n) is 10.6. The van der Waals surface area contributed by atoms with E-state index in [0.717, 1.165) is 16.9 Å². The normalized spacial score (nSPS) is 11.7. The number of rotatable bonds is 14. The number of carbonyl (C=O) groups is 1. The van der Waals surface area contributed by atoms with Gasteiger partial charge in [0, 0.05) is 28.4 Å². The topological polar surface area (TPSA) is 72.5 Å². The number of ketones is 1. The molecule has 0 N–H and O–H groups in total. The van der Waals surface area contributed by atoms with E-state index in [4.69, 9.17) is 18.9 Å². The monoisotopic (exact) mass is 706 g/mol. The predicted molar refractivity (Wildman–Crippen MR) is 189 cm³/mol. The molecule has 0 spiro atoms. The van der Waals surface area contributed by atoms with Crippen molar-refractivity contribution in [1.82, 2.24) is 0 Å². The molecule has 0 aliphatic rings. The van der Waals surface area contributed by atoms with E-state index < -0.39 is 6.29 Å². The fourth-order valence-electron chi connectivity index (χ4n) is 2.44. The van der Waals surface area contributed by atoms with Crippen LogP contribution < -0.4 is 4.74 Å². The Morgan fingerprint density at radius 3 is 1.49 bits per heavy atom. The number of hydrogen-bond acceptors (Lipinski definition) is 7. The Kier molecular flexibility index (Phi) is 29.5. The first-order chi connectivity index (χ1) is 17.4. The standard InChI is InChI=1S/C15H22O4.C5H10O3.H12P10/c1-12(15(17-3)18-4)9-10-19-11-13-5-7-14(16-2)8-6-13;1-4(6)5(7-2)8-3;1-7(2)10(8(3)4)9(5)6/h5-9,15H,10-11H2,1-4H3;5H,1-3H3;1-6H2/b12-9+;;. The summed E-state index contributed by atoms with van der Waals surface area (Å²) in [4.78, 5) is 10.4. The quantitative estimate of drug-likeness (QED) is 0.0834. The van der Waals surface area contributed by atoms with Gasteiger partial charge in [-0.25, -0.2) is 0 Å². The summed E-state index contributed by atoms with van der Waals surface area (Å²) in [7, 11) is 25.4. The molecule has 0 aliphatic heterocycles. The molecule has 0 aliphatic carbocycles. The molecule has 17 heteroatoms. The minimum atomic E-state index is -0.685. The minimum Gasteiger partial charge on any atom is -0.497 e. The highest BCUT2D eigenvalue weighted by Gasteiger charge is 2.20. The van der Waals surface area contributed by atoms with E-state index in [9.17, 15) is 4.79 Å². The molecule has 37 heavy (non-hydrogen) atoms. The van der Waals surface area contributed by atoms with Gasteiger partial charge in [-0.05, 0) is 65.1 Å². The van der Waals surface area contributed by atoms with E-state index in [2.05, 4.69) is 63.0 Å². The van der Waals surface area contributed by atoms with Gasteiger partial charge in [0.25, 0.3) is 0 Å². The lowest BCUT2D eigenvalue weighted by molar-refractivity contribution is -0.154. The maximum absolute atomic E-state index is 10.4. The number of carbonyl (C=O) groups excluding carboxylic acids is 1. The maximum atomic E-state index is 10.4. The molecule has 216 valence electrons. The number of Topliss-reactive ketones (excluding diaryl/α,β-unsaturated/α-hetero) is 1. The van der Waals surface area contributed by atoms with Crippen molar-refractivity contribution in [3.63, 3.8) is 0 Å². The molecular formula is C20H44O7P10. The van der Waals surface area contributed by atoms with Crippen LogP contribution in [0, 0.1) is 0 Å². The second kappa shape index (κ2) is 26.2. The molecule has 0 amide bonds. The van der Waals surface area contributed by atoms with Gasteiger partial charge >= 0.3 is 0 Å². The first-order valence-corrected chi connectivity index (χ1v) is 27.8. The number of hydrogen-bond donors (Lipinski definition) is 0. The van der Waals surface area contributed by atoms with Gasteiger partial charge in [-0.3, -0.25) is 4.79 Å². The van der Waals surface area contributed by atoms with Crippen molar-refractivity contribution in [2.75, 3.05) is 42.2 Å². The molecule has 0 saturated carbocycles. The van der Waals surface area contributed by atoms with Crippen molar-refractivity contribution in [3.05, 3.63) is 41.5 Å². The van der Waals surface area contributed by atoms with Crippen LogP contribution in [-0.2, 0) is 35.1 Å². The Bertz CT molecular complexity index is 712. The van der Waals surface area contributed by atoms with Gasteiger partial charge in [-0.1, -0.05) is 18.2 Å². The van der Waals surface area contributed by atoms with Crippen molar-refractivity contribution in [2.24, 2.45) is 0 Å². The van der Waals surface area contributed by atoms with E-state index >= 15 is 0 Å². The zero-order chi connectivity index (χ0) is 29.0. The molecule has 0 heterocycles. The SMILES string of the molecule is COC(OC)C(C)=O.COc1ccc(COC/C=C(\C)C(OC)OC)cc1.PP(P)P(P(P)P)P(P)P. The van der Waals surface area contributed by atoms with Crippen LogP contribution in [0.2, 0.25) is 0 Å². The van der Waals surface area contributed by atoms with Gasteiger partial charge in [-0.2, -0.15) is 0 Å². The Morgan fingerprint density at radius 1 is 0.784 bits per heavy atom. The lowest BCUT2D eigenvalue weighted by Crippen LogP contribution is -2.21. The second-order valence-corrected chi connectivity index (χ2v) is 43.6.